The Balaban J connectivity index is -0.0000000802. The summed E-state index contributed by atoms with van der Waals surface area (Å²) in [5.74, 6) is -0.772. The van der Waals surface area contributed by atoms with Crippen LogP contribution in [0.3, 0.4) is 0 Å². The molecule has 0 amide bonds. The Hall–Kier alpha value is -0.422. The Morgan fingerprint density at radius 3 is 0.841 bits per heavy atom. The first-order valence-electron chi connectivity index (χ1n) is 22.2. The van der Waals surface area contributed by atoms with Crippen LogP contribution < -0.4 is 0 Å². The molecule has 388 valence electrons. The molecule has 0 aliphatic rings. The van der Waals surface area contributed by atoms with E-state index in [0.717, 1.165) is 0 Å². The van der Waals surface area contributed by atoms with E-state index in [-0.39, 0.29) is 30.8 Å². The molecule has 20 heteroatoms. The number of rotatable bonds is 18. The molecule has 0 aromatic carbocycles. The molecule has 0 heterocycles. The van der Waals surface area contributed by atoms with Crippen LogP contribution in [-0.2, 0) is 54.5 Å². The van der Waals surface area contributed by atoms with Gasteiger partial charge in [0.25, 0.3) is 0 Å². The van der Waals surface area contributed by atoms with Crippen LogP contribution in [0.15, 0.2) is 24.3 Å². The summed E-state index contributed by atoms with van der Waals surface area (Å²) in [6, 6.07) is 0. The van der Waals surface area contributed by atoms with Crippen LogP contribution in [0.5, 0.6) is 0 Å². The smallest absolute Gasteiger partial charge is 0.333 e. The lowest BCUT2D eigenvalue weighted by molar-refractivity contribution is -0.145. The van der Waals surface area contributed by atoms with Crippen molar-refractivity contribution in [1.29, 1.82) is 0 Å². The molecule has 0 rings (SSSR count). The molecule has 0 spiro atoms. The molecule has 0 fully saturated rings. The molecule has 0 saturated carbocycles. The highest BCUT2D eigenvalue weighted by Crippen LogP contribution is 2.08. The zero-order valence-electron chi connectivity index (χ0n) is 47.4. The van der Waals surface area contributed by atoms with E-state index >= 15 is 0 Å². The Labute approximate surface area is 401 Å². The number of ether oxygens (including phenoxy) is 2. The van der Waals surface area contributed by atoms with Crippen molar-refractivity contribution < 1.29 is 59.6 Å². The van der Waals surface area contributed by atoms with Crippen molar-refractivity contribution in [3.63, 3.8) is 0 Å². The second-order valence-electron chi connectivity index (χ2n) is 18.6. The van der Waals surface area contributed by atoms with Crippen LogP contribution in [0.25, 0.3) is 0 Å². The molecule has 2 atom stereocenters. The Bertz CT molecular complexity index is 954. The number of carbonyl (C=O) groups excluding carboxylic acids is 2. The largest absolute Gasteiger partial charge is 0.457 e. The summed E-state index contributed by atoms with van der Waals surface area (Å²) in [6.07, 6.45) is -0.563. The minimum Gasteiger partial charge on any atom is -0.457 e. The van der Waals surface area contributed by atoms with Crippen LogP contribution in [0.2, 0.25) is 118 Å². The fourth-order valence-electron chi connectivity index (χ4n) is 1.74. The summed E-state index contributed by atoms with van der Waals surface area (Å²) in [7, 11) is -0.0501. The quantitative estimate of drug-likeness (QED) is 0.0790. The summed E-state index contributed by atoms with van der Waals surface area (Å²) in [5, 5.41) is 8.37. The predicted octanol–water partition coefficient (Wildman–Crippen LogP) is 11.3. The van der Waals surface area contributed by atoms with Crippen molar-refractivity contribution in [2.45, 2.75) is 185 Å². The summed E-state index contributed by atoms with van der Waals surface area (Å²) < 4.78 is 51.6. The highest BCUT2D eigenvalue weighted by atomic mass is 28.4. The number of hydrogen-bond acceptors (Lipinski definition) is 13. The van der Waals surface area contributed by atoms with E-state index in [9.17, 15) is 9.59 Å². The Morgan fingerprint density at radius 1 is 0.508 bits per heavy atom. The van der Waals surface area contributed by atoms with Crippen molar-refractivity contribution in [3.8, 4) is 0 Å². The van der Waals surface area contributed by atoms with Gasteiger partial charge in [0.2, 0.25) is 0 Å². The molecule has 0 aromatic rings. The van der Waals surface area contributed by atoms with Gasteiger partial charge in [0, 0.05) is 62.8 Å². The van der Waals surface area contributed by atoms with Crippen LogP contribution in [-0.4, -0.2) is 151 Å². The average Bonchev–Trinajstić information content (AvgIpc) is 3.16. The van der Waals surface area contributed by atoms with Crippen molar-refractivity contribution in [2.24, 2.45) is 0 Å². The third-order valence-electron chi connectivity index (χ3n) is 5.60. The lowest BCUT2D eigenvalue weighted by atomic mass is 10.3. The van der Waals surface area contributed by atoms with Gasteiger partial charge in [-0.1, -0.05) is 93.2 Å². The third kappa shape index (κ3) is 105. The van der Waals surface area contributed by atoms with Gasteiger partial charge >= 0.3 is 37.6 Å². The zero-order chi connectivity index (χ0) is 53.0. The first kappa shape index (κ1) is 82.7. The molecular formula is C43H110O13Si7. The predicted molar refractivity (Wildman–Crippen MR) is 292 cm³/mol. The lowest BCUT2D eigenvalue weighted by Crippen LogP contribution is -2.36. The van der Waals surface area contributed by atoms with Gasteiger partial charge in [-0.25, -0.2) is 9.59 Å². The highest BCUT2D eigenvalue weighted by Gasteiger charge is 2.25. The average molecular weight is 1030 g/mol. The van der Waals surface area contributed by atoms with Gasteiger partial charge < -0.3 is 50.0 Å². The molecule has 13 nitrogen and oxygen atoms in total. The van der Waals surface area contributed by atoms with Gasteiger partial charge in [-0.2, -0.15) is 0 Å². The molecule has 0 aliphatic heterocycles. The maximum absolute atomic E-state index is 11.2. The first-order chi connectivity index (χ1) is 28.2. The highest BCUT2D eigenvalue weighted by molar-refractivity contribution is 6.75. The van der Waals surface area contributed by atoms with Gasteiger partial charge in [-0.3, -0.25) is 0 Å². The fraction of sp³-hybridized carbons (Fsp3) is 0.860. The minimum atomic E-state index is -2.03. The second kappa shape index (κ2) is 49.5. The van der Waals surface area contributed by atoms with Crippen molar-refractivity contribution in [3.05, 3.63) is 24.3 Å². The molecule has 0 aromatic heterocycles. The molecule has 63 heavy (non-hydrogen) atoms. The van der Waals surface area contributed by atoms with Gasteiger partial charge in [0.15, 0.2) is 18.1 Å². The van der Waals surface area contributed by atoms with E-state index < -0.39 is 59.9 Å². The maximum Gasteiger partial charge on any atom is 0.333 e. The third-order valence-corrected chi connectivity index (χ3v) is 13.1. The van der Waals surface area contributed by atoms with Gasteiger partial charge in [-0.15, -0.1) is 0 Å². The number of hydrogen-bond donors (Lipinski definition) is 1. The first-order valence-corrected chi connectivity index (χ1v) is 44.2. The van der Waals surface area contributed by atoms with E-state index in [1.54, 1.807) is 63.2 Å². The molecule has 0 aliphatic carbocycles. The van der Waals surface area contributed by atoms with Crippen LogP contribution in [0.1, 0.15) is 55.4 Å². The number of aliphatic hydroxyl groups excluding tert-OH is 1. The van der Waals surface area contributed by atoms with Crippen LogP contribution in [0, 0.1) is 0 Å². The van der Waals surface area contributed by atoms with Gasteiger partial charge in [-0.05, 0) is 93.2 Å². The van der Waals surface area contributed by atoms with Crippen molar-refractivity contribution >= 4 is 71.8 Å². The monoisotopic (exact) mass is 1030 g/mol. The summed E-state index contributed by atoms with van der Waals surface area (Å²) in [4.78, 5) is 22.3. The second-order valence-corrected chi connectivity index (χ2v) is 46.2. The van der Waals surface area contributed by atoms with Gasteiger partial charge in [0.1, 0.15) is 12.2 Å². The van der Waals surface area contributed by atoms with Crippen molar-refractivity contribution in [2.75, 3.05) is 62.0 Å². The van der Waals surface area contributed by atoms with E-state index in [2.05, 4.69) is 91.7 Å². The fourth-order valence-corrected chi connectivity index (χ4v) is 3.95. The molecular weight excluding hydrogens is 921 g/mol. The minimum absolute atomic E-state index is 0.0692. The van der Waals surface area contributed by atoms with Crippen molar-refractivity contribution in [1.82, 2.24) is 0 Å². The lowest BCUT2D eigenvalue weighted by Gasteiger charge is -2.22. The van der Waals surface area contributed by atoms with E-state index in [4.69, 9.17) is 50.0 Å². The number of aliphatic hydroxyl groups is 1. The van der Waals surface area contributed by atoms with E-state index in [0.29, 0.717) is 31.0 Å². The molecule has 0 radical (unpaired) electrons. The van der Waals surface area contributed by atoms with Crippen LogP contribution >= 0.6 is 0 Å². The summed E-state index contributed by atoms with van der Waals surface area (Å²) >= 11 is 0. The SMILES string of the molecule is C=C(C)C(=O)OC(C)CO[Si](C)(C)OC.C=C(C)C(=O)OC(C)CO[Si](C)(C)OC.CC.CC.CO[SiH](C)C.CO[SiH](C)C.CO[Si](C)(C)OCCO.C[Si](C)(C)C.C[Si](C)(C)C. The standard InChI is InChI=1S/2C10H20O4Si.C5H14O3Si.2C4H12Si.2C3H10OSi.2C2H6/c2*1-8(2)10(11)14-9(3)7-13-15(5,6)12-4;1-7-9(2,3)8-5-4-6;2*1-5(2,3)4;2*1-4-5(2)3;2*1-2/h2*9H,1,7H2,2-6H3;6H,4-5H2,1-3H3;2*1-4H3;2*5H,1-3H3;2*1-2H3. The molecule has 0 bridgehead atoms. The zero-order valence-corrected chi connectivity index (χ0v) is 54.7. The molecule has 2 unspecified atom stereocenters. The molecule has 1 N–H and O–H groups in total. The van der Waals surface area contributed by atoms with Crippen LogP contribution in [0.4, 0.5) is 0 Å². The topological polar surface area (TPSA) is 147 Å². The summed E-state index contributed by atoms with van der Waals surface area (Å²) in [6.45, 7) is 61.7. The van der Waals surface area contributed by atoms with E-state index in [1.807, 2.05) is 67.0 Å². The number of carbonyl (C=O) groups is 2. The number of esters is 2. The Morgan fingerprint density at radius 2 is 0.698 bits per heavy atom. The molecule has 0 saturated heterocycles. The Kier molecular flexibility index (Phi) is 64.9. The van der Waals surface area contributed by atoms with Gasteiger partial charge in [0.05, 0.1) is 26.4 Å². The maximum atomic E-state index is 11.2. The normalized spacial score (nSPS) is 11.7. The summed E-state index contributed by atoms with van der Waals surface area (Å²) in [5.41, 5.74) is 0.787. The van der Waals surface area contributed by atoms with E-state index in [1.165, 1.54) is 0 Å².